The van der Waals surface area contributed by atoms with E-state index in [9.17, 15) is 0 Å². The maximum Gasteiger partial charge on any atom is 0.0688 e. The lowest BCUT2D eigenvalue weighted by atomic mass is 10.3. The normalized spacial score (nSPS) is 14.1. The van der Waals surface area contributed by atoms with Crippen LogP contribution in [0.15, 0.2) is 0 Å². The largest absolute Gasteiger partial charge is 0.315 e. The molecular formula is C4H11ClN2. The fourth-order valence-electron chi connectivity index (χ4n) is 0.366. The van der Waals surface area contributed by atoms with Gasteiger partial charge in [-0.2, -0.15) is 0 Å². The molecule has 0 heterocycles. The summed E-state index contributed by atoms with van der Waals surface area (Å²) in [6.07, 6.45) is 1.97. The zero-order valence-corrected chi connectivity index (χ0v) is 5.20. The number of nitrogens with one attached hydrogen (secondary N) is 1. The van der Waals surface area contributed by atoms with Crippen LogP contribution in [0.25, 0.3) is 0 Å². The molecule has 0 aliphatic rings. The summed E-state index contributed by atoms with van der Waals surface area (Å²) in [5.74, 6) is 0. The van der Waals surface area contributed by atoms with Crippen LogP contribution in [-0.4, -0.2) is 6.17 Å². The van der Waals surface area contributed by atoms with Crippen LogP contribution < -0.4 is 10.6 Å². The van der Waals surface area contributed by atoms with Crippen molar-refractivity contribution >= 4 is 11.8 Å². The Morgan fingerprint density at radius 3 is 2.57 bits per heavy atom. The highest BCUT2D eigenvalue weighted by Gasteiger charge is 1.92. The van der Waals surface area contributed by atoms with Gasteiger partial charge in [0, 0.05) is 0 Å². The lowest BCUT2D eigenvalue weighted by molar-refractivity contribution is 0.587. The molecule has 0 saturated carbocycles. The Morgan fingerprint density at radius 2 is 2.43 bits per heavy atom. The van der Waals surface area contributed by atoms with Gasteiger partial charge in [-0.1, -0.05) is 13.3 Å². The molecule has 1 unspecified atom stereocenters. The Hall–Kier alpha value is 0.210. The second-order valence-electron chi connectivity index (χ2n) is 1.50. The lowest BCUT2D eigenvalue weighted by Gasteiger charge is -2.03. The van der Waals surface area contributed by atoms with Gasteiger partial charge in [-0.15, -0.1) is 0 Å². The first-order valence-electron chi connectivity index (χ1n) is 2.43. The van der Waals surface area contributed by atoms with Gasteiger partial charge in [-0.3, -0.25) is 0 Å². The van der Waals surface area contributed by atoms with Crippen LogP contribution in [0.5, 0.6) is 0 Å². The number of hydrogen-bond acceptors (Lipinski definition) is 2. The van der Waals surface area contributed by atoms with E-state index in [2.05, 4.69) is 11.8 Å². The smallest absolute Gasteiger partial charge is 0.0688 e. The molecule has 0 aliphatic carbocycles. The fourth-order valence-corrected chi connectivity index (χ4v) is 0.475. The van der Waals surface area contributed by atoms with Gasteiger partial charge in [0.25, 0.3) is 0 Å². The molecule has 0 aromatic carbocycles. The van der Waals surface area contributed by atoms with Crippen molar-refractivity contribution in [1.82, 2.24) is 4.84 Å². The molecule has 0 aromatic heterocycles. The van der Waals surface area contributed by atoms with E-state index < -0.39 is 0 Å². The second-order valence-corrected chi connectivity index (χ2v) is 1.72. The van der Waals surface area contributed by atoms with Crippen LogP contribution >= 0.6 is 11.8 Å². The van der Waals surface area contributed by atoms with E-state index in [0.717, 1.165) is 12.8 Å². The summed E-state index contributed by atoms with van der Waals surface area (Å²) in [6.45, 7) is 2.06. The van der Waals surface area contributed by atoms with Crippen LogP contribution in [0, 0.1) is 0 Å². The van der Waals surface area contributed by atoms with Gasteiger partial charge in [0.15, 0.2) is 0 Å². The molecule has 3 N–H and O–H groups in total. The van der Waals surface area contributed by atoms with Crippen LogP contribution in [0.1, 0.15) is 19.8 Å². The molecule has 0 aromatic rings. The molecule has 0 saturated heterocycles. The highest BCUT2D eigenvalue weighted by molar-refractivity contribution is 6.13. The van der Waals surface area contributed by atoms with E-state index >= 15 is 0 Å². The third-order valence-electron chi connectivity index (χ3n) is 0.740. The third kappa shape index (κ3) is 4.05. The topological polar surface area (TPSA) is 38.0 Å². The molecule has 0 fully saturated rings. The Balaban J connectivity index is 2.83. The van der Waals surface area contributed by atoms with E-state index in [1.807, 2.05) is 0 Å². The highest BCUT2D eigenvalue weighted by Crippen LogP contribution is 1.88. The van der Waals surface area contributed by atoms with Crippen molar-refractivity contribution in [2.75, 3.05) is 0 Å². The Kier molecular flexibility index (Phi) is 4.50. The molecule has 0 amide bonds. The molecule has 0 bridgehead atoms. The lowest BCUT2D eigenvalue weighted by Crippen LogP contribution is -2.30. The summed E-state index contributed by atoms with van der Waals surface area (Å²) in [7, 11) is 0. The maximum atomic E-state index is 5.34. The third-order valence-corrected chi connectivity index (χ3v) is 1.02. The zero-order chi connectivity index (χ0) is 5.70. The summed E-state index contributed by atoms with van der Waals surface area (Å²) >= 11 is 5.16. The molecule has 1 atom stereocenters. The molecule has 0 rings (SSSR count). The number of nitrogens with two attached hydrogens (primary N) is 1. The van der Waals surface area contributed by atoms with Crippen LogP contribution in [0.4, 0.5) is 0 Å². The summed E-state index contributed by atoms with van der Waals surface area (Å²) in [5.41, 5.74) is 5.34. The molecular weight excluding hydrogens is 112 g/mol. The minimum atomic E-state index is -0.0355. The highest BCUT2D eigenvalue weighted by atomic mass is 35.5. The van der Waals surface area contributed by atoms with E-state index in [1.165, 1.54) is 0 Å². The predicted molar refractivity (Wildman–Crippen MR) is 31.9 cm³/mol. The van der Waals surface area contributed by atoms with Gasteiger partial charge in [0.05, 0.1) is 6.17 Å². The van der Waals surface area contributed by atoms with Crippen molar-refractivity contribution in [1.29, 1.82) is 0 Å². The average Bonchev–Trinajstić information content (AvgIpc) is 1.68. The van der Waals surface area contributed by atoms with Crippen LogP contribution in [-0.2, 0) is 0 Å². The van der Waals surface area contributed by atoms with Gasteiger partial charge in [0.1, 0.15) is 0 Å². The number of halogens is 1. The molecule has 0 aliphatic heterocycles. The van der Waals surface area contributed by atoms with Gasteiger partial charge in [-0.05, 0) is 18.2 Å². The Morgan fingerprint density at radius 1 is 1.86 bits per heavy atom. The van der Waals surface area contributed by atoms with Crippen LogP contribution in [0.3, 0.4) is 0 Å². The zero-order valence-electron chi connectivity index (χ0n) is 4.45. The molecule has 44 valence electrons. The predicted octanol–water partition coefficient (Wildman–Crippen LogP) is 0.815. The van der Waals surface area contributed by atoms with E-state index in [0.29, 0.717) is 0 Å². The first-order valence-corrected chi connectivity index (χ1v) is 2.80. The molecule has 7 heavy (non-hydrogen) atoms. The van der Waals surface area contributed by atoms with Gasteiger partial charge >= 0.3 is 0 Å². The summed E-state index contributed by atoms with van der Waals surface area (Å²) < 4.78 is 0. The first kappa shape index (κ1) is 7.21. The van der Waals surface area contributed by atoms with Gasteiger partial charge in [-0.25, -0.2) is 4.84 Å². The van der Waals surface area contributed by atoms with E-state index in [-0.39, 0.29) is 6.17 Å². The van der Waals surface area contributed by atoms with Crippen molar-refractivity contribution in [3.05, 3.63) is 0 Å². The number of hydrogen-bond donors (Lipinski definition) is 2. The minimum absolute atomic E-state index is 0.0355. The maximum absolute atomic E-state index is 5.34. The fraction of sp³-hybridized carbons (Fsp3) is 1.00. The molecule has 0 spiro atoms. The Labute approximate surface area is 49.1 Å². The van der Waals surface area contributed by atoms with Crippen molar-refractivity contribution in [2.45, 2.75) is 25.9 Å². The number of rotatable bonds is 3. The molecule has 3 heteroatoms. The van der Waals surface area contributed by atoms with Gasteiger partial charge < -0.3 is 5.73 Å². The minimum Gasteiger partial charge on any atom is -0.315 e. The summed E-state index contributed by atoms with van der Waals surface area (Å²) in [5, 5.41) is 0. The molecule has 2 nitrogen and oxygen atoms in total. The second kappa shape index (κ2) is 4.37. The average molecular weight is 123 g/mol. The van der Waals surface area contributed by atoms with E-state index in [1.54, 1.807) is 0 Å². The SMILES string of the molecule is CCCC(N)NCl. The van der Waals surface area contributed by atoms with Crippen molar-refractivity contribution in [2.24, 2.45) is 5.73 Å². The quantitative estimate of drug-likeness (QED) is 0.430. The first-order chi connectivity index (χ1) is 3.31. The van der Waals surface area contributed by atoms with Crippen molar-refractivity contribution in [3.8, 4) is 0 Å². The van der Waals surface area contributed by atoms with Crippen molar-refractivity contribution in [3.63, 3.8) is 0 Å². The van der Waals surface area contributed by atoms with Gasteiger partial charge in [0.2, 0.25) is 0 Å². The standard InChI is InChI=1S/C4H11ClN2/c1-2-3-4(6)7-5/h4,7H,2-3,6H2,1H3. The monoisotopic (exact) mass is 122 g/mol. The van der Waals surface area contributed by atoms with E-state index in [4.69, 9.17) is 17.5 Å². The van der Waals surface area contributed by atoms with Crippen LogP contribution in [0.2, 0.25) is 0 Å². The van der Waals surface area contributed by atoms with Crippen molar-refractivity contribution < 1.29 is 0 Å². The summed E-state index contributed by atoms with van der Waals surface area (Å²) in [6, 6.07) is 0. The molecule has 0 radical (unpaired) electrons. The summed E-state index contributed by atoms with van der Waals surface area (Å²) in [4.78, 5) is 2.42. The Bertz CT molecular complexity index is 40.7.